The monoisotopic (exact) mass is 295 g/mol. The van der Waals surface area contributed by atoms with Crippen LogP contribution in [-0.2, 0) is 11.8 Å². The lowest BCUT2D eigenvalue weighted by molar-refractivity contribution is 0.403. The van der Waals surface area contributed by atoms with Crippen molar-refractivity contribution in [2.24, 2.45) is 0 Å². The zero-order valence-corrected chi connectivity index (χ0v) is 13.9. The molecule has 1 atom stereocenters. The molecule has 1 unspecified atom stereocenters. The van der Waals surface area contributed by atoms with E-state index in [-0.39, 0.29) is 11.5 Å². The Labute approximate surface area is 133 Å². The Balaban J connectivity index is 1.98. The highest BCUT2D eigenvalue weighted by molar-refractivity contribution is 5.47. The summed E-state index contributed by atoms with van der Waals surface area (Å²) in [7, 11) is 1.75. The van der Waals surface area contributed by atoms with Crippen LogP contribution in [0.4, 0.5) is 0 Å². The molecule has 0 amide bonds. The van der Waals surface area contributed by atoms with Crippen LogP contribution >= 0.6 is 0 Å². The summed E-state index contributed by atoms with van der Waals surface area (Å²) >= 11 is 0. The maximum atomic E-state index is 5.53. The van der Waals surface area contributed by atoms with Crippen molar-refractivity contribution in [2.75, 3.05) is 13.7 Å². The normalized spacial score (nSPS) is 17.9. The Hall–Kier alpha value is -1.80. The number of hydrogen-bond donors (Lipinski definition) is 1. The molecule has 0 spiro atoms. The highest BCUT2D eigenvalue weighted by atomic mass is 16.5. The number of ether oxygens (including phenoxy) is 1. The van der Waals surface area contributed by atoms with Gasteiger partial charge in [0.25, 0.3) is 0 Å². The second-order valence-corrected chi connectivity index (χ2v) is 7.04. The number of methoxy groups -OCH3 is 1. The second kappa shape index (κ2) is 5.77. The first-order valence-electron chi connectivity index (χ1n) is 8.00. The molecule has 0 saturated heterocycles. The lowest BCUT2D eigenvalue weighted by atomic mass is 9.84. The van der Waals surface area contributed by atoms with Crippen molar-refractivity contribution < 1.29 is 4.74 Å². The largest absolute Gasteiger partial charge is 0.496 e. The SMILES string of the molecule is COc1cccc2c1CCNC2c1ccc(C(C)(C)C)cc1. The Bertz CT molecular complexity index is 652. The Morgan fingerprint density at radius 3 is 2.41 bits per heavy atom. The maximum Gasteiger partial charge on any atom is 0.122 e. The average Bonchev–Trinajstić information content (AvgIpc) is 2.53. The van der Waals surface area contributed by atoms with E-state index in [0.717, 1.165) is 18.7 Å². The number of benzene rings is 2. The molecule has 0 aliphatic carbocycles. The van der Waals surface area contributed by atoms with Crippen LogP contribution in [0.15, 0.2) is 42.5 Å². The van der Waals surface area contributed by atoms with Crippen LogP contribution in [0.25, 0.3) is 0 Å². The van der Waals surface area contributed by atoms with Crippen molar-refractivity contribution in [1.82, 2.24) is 5.32 Å². The summed E-state index contributed by atoms with van der Waals surface area (Å²) in [5.41, 5.74) is 5.57. The molecule has 22 heavy (non-hydrogen) atoms. The second-order valence-electron chi connectivity index (χ2n) is 7.04. The van der Waals surface area contributed by atoms with E-state index >= 15 is 0 Å². The summed E-state index contributed by atoms with van der Waals surface area (Å²) in [4.78, 5) is 0. The van der Waals surface area contributed by atoms with E-state index in [1.54, 1.807) is 7.11 Å². The van der Waals surface area contributed by atoms with Crippen LogP contribution in [-0.4, -0.2) is 13.7 Å². The van der Waals surface area contributed by atoms with E-state index in [1.165, 1.54) is 22.3 Å². The van der Waals surface area contributed by atoms with E-state index < -0.39 is 0 Å². The van der Waals surface area contributed by atoms with Gasteiger partial charge < -0.3 is 10.1 Å². The van der Waals surface area contributed by atoms with E-state index in [1.807, 2.05) is 0 Å². The van der Waals surface area contributed by atoms with Crippen LogP contribution in [0.1, 0.15) is 49.1 Å². The standard InChI is InChI=1S/C20H25NO/c1-20(2,3)15-10-8-14(9-11-15)19-17-6-5-7-18(22-4)16(17)12-13-21-19/h5-11,19,21H,12-13H2,1-4H3. The fourth-order valence-electron chi connectivity index (χ4n) is 3.24. The molecule has 0 bridgehead atoms. The summed E-state index contributed by atoms with van der Waals surface area (Å²) in [6.07, 6.45) is 1.02. The predicted octanol–water partition coefficient (Wildman–Crippen LogP) is 4.23. The summed E-state index contributed by atoms with van der Waals surface area (Å²) in [5, 5.41) is 3.65. The Kier molecular flexibility index (Phi) is 3.96. The fraction of sp³-hybridized carbons (Fsp3) is 0.400. The molecule has 1 aliphatic heterocycles. The van der Waals surface area contributed by atoms with Crippen molar-refractivity contribution in [3.63, 3.8) is 0 Å². The van der Waals surface area contributed by atoms with Gasteiger partial charge in [-0.1, -0.05) is 57.2 Å². The van der Waals surface area contributed by atoms with Gasteiger partial charge in [0.1, 0.15) is 5.75 Å². The van der Waals surface area contributed by atoms with Gasteiger partial charge in [0, 0.05) is 12.1 Å². The molecular weight excluding hydrogens is 270 g/mol. The molecule has 1 heterocycles. The lowest BCUT2D eigenvalue weighted by Gasteiger charge is -2.29. The molecule has 0 saturated carbocycles. The van der Waals surface area contributed by atoms with E-state index in [2.05, 4.69) is 68.6 Å². The molecule has 2 nitrogen and oxygen atoms in total. The third-order valence-electron chi connectivity index (χ3n) is 4.53. The van der Waals surface area contributed by atoms with E-state index in [9.17, 15) is 0 Å². The van der Waals surface area contributed by atoms with Gasteiger partial charge in [-0.25, -0.2) is 0 Å². The van der Waals surface area contributed by atoms with E-state index in [4.69, 9.17) is 4.74 Å². The predicted molar refractivity (Wildman–Crippen MR) is 91.7 cm³/mol. The fourth-order valence-corrected chi connectivity index (χ4v) is 3.24. The molecule has 2 heteroatoms. The van der Waals surface area contributed by atoms with Crippen LogP contribution in [0, 0.1) is 0 Å². The van der Waals surface area contributed by atoms with Crippen molar-refractivity contribution in [3.05, 3.63) is 64.7 Å². The quantitative estimate of drug-likeness (QED) is 0.895. The maximum absolute atomic E-state index is 5.53. The first kappa shape index (κ1) is 15.1. The molecular formula is C20H25NO. The van der Waals surface area contributed by atoms with Gasteiger partial charge in [-0.2, -0.15) is 0 Å². The van der Waals surface area contributed by atoms with Gasteiger partial charge in [0.2, 0.25) is 0 Å². The molecule has 2 aromatic rings. The molecule has 0 fully saturated rings. The van der Waals surface area contributed by atoms with Crippen molar-refractivity contribution in [2.45, 2.75) is 38.6 Å². The molecule has 116 valence electrons. The van der Waals surface area contributed by atoms with Gasteiger partial charge in [-0.3, -0.25) is 0 Å². The molecule has 0 aromatic heterocycles. The minimum absolute atomic E-state index is 0.194. The Morgan fingerprint density at radius 2 is 1.77 bits per heavy atom. The minimum atomic E-state index is 0.194. The molecule has 1 N–H and O–H groups in total. The Morgan fingerprint density at radius 1 is 1.05 bits per heavy atom. The first-order chi connectivity index (χ1) is 10.5. The van der Waals surface area contributed by atoms with Gasteiger partial charge in [0.15, 0.2) is 0 Å². The topological polar surface area (TPSA) is 21.3 Å². The van der Waals surface area contributed by atoms with Gasteiger partial charge in [0.05, 0.1) is 13.2 Å². The summed E-state index contributed by atoms with van der Waals surface area (Å²) in [6.45, 7) is 7.74. The summed E-state index contributed by atoms with van der Waals surface area (Å²) in [5.74, 6) is 1.01. The molecule has 3 rings (SSSR count). The average molecular weight is 295 g/mol. The van der Waals surface area contributed by atoms with E-state index in [0.29, 0.717) is 0 Å². The zero-order valence-electron chi connectivity index (χ0n) is 13.9. The number of fused-ring (bicyclic) bond motifs is 1. The van der Waals surface area contributed by atoms with Gasteiger partial charge >= 0.3 is 0 Å². The third kappa shape index (κ3) is 2.76. The molecule has 2 aromatic carbocycles. The van der Waals surface area contributed by atoms with Gasteiger partial charge in [-0.05, 0) is 34.6 Å². The van der Waals surface area contributed by atoms with Crippen LogP contribution in [0.3, 0.4) is 0 Å². The van der Waals surface area contributed by atoms with Crippen molar-refractivity contribution in [3.8, 4) is 5.75 Å². The summed E-state index contributed by atoms with van der Waals surface area (Å²) in [6, 6.07) is 15.6. The lowest BCUT2D eigenvalue weighted by Crippen LogP contribution is -2.30. The highest BCUT2D eigenvalue weighted by Crippen LogP contribution is 2.34. The number of rotatable bonds is 2. The van der Waals surface area contributed by atoms with Crippen LogP contribution in [0.5, 0.6) is 5.75 Å². The van der Waals surface area contributed by atoms with Crippen molar-refractivity contribution in [1.29, 1.82) is 0 Å². The minimum Gasteiger partial charge on any atom is -0.496 e. The molecule has 1 aliphatic rings. The van der Waals surface area contributed by atoms with Crippen LogP contribution in [0.2, 0.25) is 0 Å². The van der Waals surface area contributed by atoms with Gasteiger partial charge in [-0.15, -0.1) is 0 Å². The molecule has 0 radical (unpaired) electrons. The van der Waals surface area contributed by atoms with Crippen LogP contribution < -0.4 is 10.1 Å². The number of nitrogens with one attached hydrogen (secondary N) is 1. The summed E-state index contributed by atoms with van der Waals surface area (Å²) < 4.78 is 5.53. The zero-order chi connectivity index (χ0) is 15.7. The first-order valence-corrected chi connectivity index (χ1v) is 8.00. The van der Waals surface area contributed by atoms with Crippen molar-refractivity contribution >= 4 is 0 Å². The smallest absolute Gasteiger partial charge is 0.122 e. The third-order valence-corrected chi connectivity index (χ3v) is 4.53. The highest BCUT2D eigenvalue weighted by Gasteiger charge is 2.24. The number of hydrogen-bond acceptors (Lipinski definition) is 2.